The SMILES string of the molecule is CC(C)Nc1ccc(-c2nc(N3CCOCC3)c3nc(-c4cccc(NSCCCF)c4F)ccc3n2)cn1. The zero-order valence-electron chi connectivity index (χ0n) is 22.0. The highest BCUT2D eigenvalue weighted by atomic mass is 32.2. The Bertz CT molecular complexity index is 1420. The molecule has 39 heavy (non-hydrogen) atoms. The summed E-state index contributed by atoms with van der Waals surface area (Å²) < 4.78 is 36.4. The van der Waals surface area contributed by atoms with Crippen LogP contribution in [0.25, 0.3) is 33.7 Å². The van der Waals surface area contributed by atoms with Gasteiger partial charge in [0.1, 0.15) is 11.3 Å². The zero-order chi connectivity index (χ0) is 27.2. The zero-order valence-corrected chi connectivity index (χ0v) is 22.8. The van der Waals surface area contributed by atoms with E-state index in [-0.39, 0.29) is 6.04 Å². The summed E-state index contributed by atoms with van der Waals surface area (Å²) in [5, 5.41) is 3.29. The summed E-state index contributed by atoms with van der Waals surface area (Å²) in [5.74, 6) is 2.15. The monoisotopic (exact) mass is 551 g/mol. The Morgan fingerprint density at radius 2 is 1.90 bits per heavy atom. The maximum Gasteiger partial charge on any atom is 0.163 e. The summed E-state index contributed by atoms with van der Waals surface area (Å²) in [4.78, 5) is 21.2. The van der Waals surface area contributed by atoms with Gasteiger partial charge in [0.2, 0.25) is 0 Å². The van der Waals surface area contributed by atoms with E-state index in [0.717, 1.165) is 11.4 Å². The van der Waals surface area contributed by atoms with Crippen molar-refractivity contribution in [2.75, 3.05) is 53.7 Å². The van der Waals surface area contributed by atoms with Crippen LogP contribution in [0.3, 0.4) is 0 Å². The van der Waals surface area contributed by atoms with Gasteiger partial charge >= 0.3 is 0 Å². The van der Waals surface area contributed by atoms with Gasteiger partial charge in [-0.15, -0.1) is 0 Å². The predicted octanol–water partition coefficient (Wildman–Crippen LogP) is 5.97. The Morgan fingerprint density at radius 1 is 1.05 bits per heavy atom. The molecule has 1 aliphatic rings. The first-order chi connectivity index (χ1) is 19.0. The van der Waals surface area contributed by atoms with Crippen molar-refractivity contribution in [2.45, 2.75) is 26.3 Å². The fourth-order valence-corrected chi connectivity index (χ4v) is 4.91. The van der Waals surface area contributed by atoms with Gasteiger partial charge in [0.25, 0.3) is 0 Å². The number of alkyl halides is 1. The quantitative estimate of drug-likeness (QED) is 0.183. The summed E-state index contributed by atoms with van der Waals surface area (Å²) in [6.45, 7) is 6.22. The van der Waals surface area contributed by atoms with Gasteiger partial charge in [-0.25, -0.2) is 24.3 Å². The van der Waals surface area contributed by atoms with Crippen LogP contribution in [0.4, 0.5) is 26.1 Å². The van der Waals surface area contributed by atoms with Crippen molar-refractivity contribution >= 4 is 40.3 Å². The van der Waals surface area contributed by atoms with E-state index >= 15 is 4.39 Å². The highest BCUT2D eigenvalue weighted by Gasteiger charge is 2.21. The molecule has 1 aliphatic heterocycles. The number of anilines is 3. The molecule has 1 fully saturated rings. The number of aromatic nitrogens is 4. The normalized spacial score (nSPS) is 13.7. The Hall–Kier alpha value is -3.57. The molecule has 3 aromatic heterocycles. The molecule has 1 aromatic carbocycles. The first-order valence-corrected chi connectivity index (χ1v) is 14.0. The van der Waals surface area contributed by atoms with Crippen LogP contribution in [-0.4, -0.2) is 64.7 Å². The first-order valence-electron chi connectivity index (χ1n) is 13.0. The number of hydrogen-bond donors (Lipinski definition) is 2. The van der Waals surface area contributed by atoms with Gasteiger partial charge in [-0.3, -0.25) is 4.39 Å². The molecule has 0 aliphatic carbocycles. The average Bonchev–Trinajstić information content (AvgIpc) is 2.96. The van der Waals surface area contributed by atoms with Gasteiger partial charge in [-0.1, -0.05) is 18.0 Å². The van der Waals surface area contributed by atoms with Crippen molar-refractivity contribution in [2.24, 2.45) is 0 Å². The maximum atomic E-state index is 15.5. The second-order valence-electron chi connectivity index (χ2n) is 9.43. The molecule has 0 amide bonds. The summed E-state index contributed by atoms with van der Waals surface area (Å²) in [6.07, 6.45) is 2.17. The molecule has 0 atom stereocenters. The van der Waals surface area contributed by atoms with Gasteiger partial charge < -0.3 is 19.7 Å². The van der Waals surface area contributed by atoms with Crippen LogP contribution in [-0.2, 0) is 4.74 Å². The molecule has 0 unspecified atom stereocenters. The molecule has 0 radical (unpaired) electrons. The smallest absolute Gasteiger partial charge is 0.163 e. The van der Waals surface area contributed by atoms with E-state index in [1.54, 1.807) is 30.5 Å². The van der Waals surface area contributed by atoms with E-state index in [4.69, 9.17) is 19.7 Å². The Balaban J connectivity index is 1.53. The van der Waals surface area contributed by atoms with E-state index in [9.17, 15) is 4.39 Å². The average molecular weight is 552 g/mol. The number of morpholine rings is 1. The number of ether oxygens (including phenoxy) is 1. The van der Waals surface area contributed by atoms with Crippen molar-refractivity contribution in [1.29, 1.82) is 0 Å². The van der Waals surface area contributed by atoms with E-state index in [1.807, 2.05) is 18.2 Å². The highest BCUT2D eigenvalue weighted by Crippen LogP contribution is 2.32. The molecule has 5 rings (SSSR count). The molecule has 4 aromatic rings. The second kappa shape index (κ2) is 12.5. The number of rotatable bonds is 10. The molecule has 8 nitrogen and oxygen atoms in total. The van der Waals surface area contributed by atoms with Gasteiger partial charge in [0.05, 0.1) is 36.8 Å². The number of fused-ring (bicyclic) bond motifs is 1. The molecule has 204 valence electrons. The van der Waals surface area contributed by atoms with Crippen molar-refractivity contribution < 1.29 is 13.5 Å². The third kappa shape index (κ3) is 6.36. The lowest BCUT2D eigenvalue weighted by Gasteiger charge is -2.28. The van der Waals surface area contributed by atoms with E-state index in [0.29, 0.717) is 78.1 Å². The largest absolute Gasteiger partial charge is 0.378 e. The number of hydrogen-bond acceptors (Lipinski definition) is 9. The van der Waals surface area contributed by atoms with Crippen LogP contribution in [0.1, 0.15) is 20.3 Å². The van der Waals surface area contributed by atoms with Gasteiger partial charge in [0.15, 0.2) is 17.5 Å². The van der Waals surface area contributed by atoms with Crippen molar-refractivity contribution in [3.8, 4) is 22.6 Å². The Labute approximate surface area is 230 Å². The van der Waals surface area contributed by atoms with Crippen molar-refractivity contribution in [3.05, 3.63) is 54.5 Å². The molecule has 0 spiro atoms. The van der Waals surface area contributed by atoms with Crippen LogP contribution >= 0.6 is 11.9 Å². The lowest BCUT2D eigenvalue weighted by Crippen LogP contribution is -2.37. The van der Waals surface area contributed by atoms with Crippen molar-refractivity contribution in [3.63, 3.8) is 0 Å². The lowest BCUT2D eigenvalue weighted by molar-refractivity contribution is 0.122. The number of benzene rings is 1. The van der Waals surface area contributed by atoms with Crippen LogP contribution in [0.15, 0.2) is 48.7 Å². The second-order valence-corrected chi connectivity index (χ2v) is 10.3. The third-order valence-corrected chi connectivity index (χ3v) is 6.99. The van der Waals surface area contributed by atoms with Crippen LogP contribution in [0.5, 0.6) is 0 Å². The minimum absolute atomic E-state index is 0.273. The molecule has 0 saturated carbocycles. The summed E-state index contributed by atoms with van der Waals surface area (Å²) >= 11 is 1.28. The maximum absolute atomic E-state index is 15.5. The van der Waals surface area contributed by atoms with Crippen LogP contribution in [0.2, 0.25) is 0 Å². The van der Waals surface area contributed by atoms with Crippen molar-refractivity contribution in [1.82, 2.24) is 19.9 Å². The number of halogens is 2. The standard InChI is InChI=1S/C28H31F2N7OS/c1-18(2)32-24-10-7-19(17-31-24)27-34-23-9-8-21(33-26(23)28(35-27)37-12-14-38-15-13-37)20-5-3-6-22(25(20)30)36-39-16-4-11-29/h3,5-10,17-18,36H,4,11-16H2,1-2H3,(H,31,32). The van der Waals surface area contributed by atoms with Gasteiger partial charge in [-0.2, -0.15) is 0 Å². The molecule has 11 heteroatoms. The summed E-state index contributed by atoms with van der Waals surface area (Å²) in [6, 6.07) is 12.9. The van der Waals surface area contributed by atoms with E-state index < -0.39 is 12.5 Å². The van der Waals surface area contributed by atoms with Gasteiger partial charge in [-0.05, 0) is 56.7 Å². The Kier molecular flexibility index (Phi) is 8.67. The van der Waals surface area contributed by atoms with Crippen LogP contribution in [0, 0.1) is 5.82 Å². The molecule has 2 N–H and O–H groups in total. The molecule has 4 heterocycles. The van der Waals surface area contributed by atoms with E-state index in [1.165, 1.54) is 11.9 Å². The molecule has 0 bridgehead atoms. The molecule has 1 saturated heterocycles. The van der Waals surface area contributed by atoms with Crippen LogP contribution < -0.4 is 14.9 Å². The first kappa shape index (κ1) is 27.0. The fourth-order valence-electron chi connectivity index (χ4n) is 4.25. The number of pyridine rings is 2. The Morgan fingerprint density at radius 3 is 2.64 bits per heavy atom. The molecular weight excluding hydrogens is 520 g/mol. The molecular formula is C28H31F2N7OS. The highest BCUT2D eigenvalue weighted by molar-refractivity contribution is 8.00. The third-order valence-electron chi connectivity index (χ3n) is 6.13. The minimum atomic E-state index is -0.413. The fraction of sp³-hybridized carbons (Fsp3) is 0.357. The number of nitrogens with one attached hydrogen (secondary N) is 2. The van der Waals surface area contributed by atoms with Gasteiger partial charge in [0, 0.05) is 42.2 Å². The lowest BCUT2D eigenvalue weighted by atomic mass is 10.1. The predicted molar refractivity (Wildman–Crippen MR) is 154 cm³/mol. The topological polar surface area (TPSA) is 88.1 Å². The minimum Gasteiger partial charge on any atom is -0.378 e. The summed E-state index contributed by atoms with van der Waals surface area (Å²) in [7, 11) is 0. The number of nitrogens with zero attached hydrogens (tertiary/aromatic N) is 5. The summed E-state index contributed by atoms with van der Waals surface area (Å²) in [5.41, 5.74) is 3.22. The van der Waals surface area contributed by atoms with E-state index in [2.05, 4.69) is 33.8 Å².